The zero-order chi connectivity index (χ0) is 12.3. The molecule has 16 heavy (non-hydrogen) atoms. The summed E-state index contributed by atoms with van der Waals surface area (Å²) in [5, 5.41) is 10.3. The Hall–Kier alpha value is -1.63. The molecule has 2 N–H and O–H groups in total. The molecule has 0 spiro atoms. The maximum atomic E-state index is 13.2. The number of nitrogens with zero attached hydrogens (tertiary/aromatic N) is 1. The normalized spacial score (nSPS) is 12.8. The Morgan fingerprint density at radius 3 is 2.50 bits per heavy atom. The minimum atomic E-state index is -2.76. The van der Waals surface area contributed by atoms with E-state index in [0.29, 0.717) is 6.07 Å². The molecule has 0 amide bonds. The molecule has 0 saturated carbocycles. The number of alkyl halides is 2. The predicted molar refractivity (Wildman–Crippen MR) is 50.7 cm³/mol. The van der Waals surface area contributed by atoms with Gasteiger partial charge in [-0.3, -0.25) is 10.1 Å². The van der Waals surface area contributed by atoms with Crippen LogP contribution in [0.3, 0.4) is 0 Å². The number of halogens is 3. The summed E-state index contributed by atoms with van der Waals surface area (Å²) in [5.41, 5.74) is 4.58. The minimum Gasteiger partial charge on any atom is -0.323 e. The molecule has 0 saturated heterocycles. The fourth-order valence-electron chi connectivity index (χ4n) is 1.16. The third-order valence-corrected chi connectivity index (χ3v) is 2.03. The minimum absolute atomic E-state index is 0.0570. The molecule has 1 unspecified atom stereocenters. The van der Waals surface area contributed by atoms with Crippen molar-refractivity contribution in [1.29, 1.82) is 0 Å². The first-order chi connectivity index (χ1) is 7.41. The monoisotopic (exact) mass is 234 g/mol. The lowest BCUT2D eigenvalue weighted by Crippen LogP contribution is -2.31. The predicted octanol–water partition coefficient (Wildman–Crippen LogP) is 1.87. The van der Waals surface area contributed by atoms with Gasteiger partial charge >= 0.3 is 0 Å². The van der Waals surface area contributed by atoms with Crippen molar-refractivity contribution in [1.82, 2.24) is 0 Å². The van der Waals surface area contributed by atoms with Crippen LogP contribution in [0.25, 0.3) is 0 Å². The van der Waals surface area contributed by atoms with Gasteiger partial charge in [-0.1, -0.05) is 0 Å². The van der Waals surface area contributed by atoms with Gasteiger partial charge in [-0.25, -0.2) is 13.2 Å². The SMILES string of the molecule is NC(Cc1ccc([N+](=O)[O-])cc1F)C(F)F. The van der Waals surface area contributed by atoms with Crippen LogP contribution in [0.15, 0.2) is 18.2 Å². The van der Waals surface area contributed by atoms with Crippen molar-refractivity contribution in [2.75, 3.05) is 0 Å². The molecule has 0 aliphatic heterocycles. The highest BCUT2D eigenvalue weighted by Gasteiger charge is 2.18. The Morgan fingerprint density at radius 1 is 1.44 bits per heavy atom. The maximum absolute atomic E-state index is 13.2. The van der Waals surface area contributed by atoms with E-state index >= 15 is 0 Å². The van der Waals surface area contributed by atoms with Crippen molar-refractivity contribution in [3.63, 3.8) is 0 Å². The van der Waals surface area contributed by atoms with E-state index in [4.69, 9.17) is 5.73 Å². The maximum Gasteiger partial charge on any atom is 0.272 e. The molecule has 0 heterocycles. The molecule has 1 aromatic rings. The lowest BCUT2D eigenvalue weighted by molar-refractivity contribution is -0.385. The van der Waals surface area contributed by atoms with Crippen LogP contribution in [-0.2, 0) is 6.42 Å². The summed E-state index contributed by atoms with van der Waals surface area (Å²) >= 11 is 0. The molecule has 88 valence electrons. The van der Waals surface area contributed by atoms with Gasteiger partial charge < -0.3 is 5.73 Å². The van der Waals surface area contributed by atoms with Gasteiger partial charge in [0.1, 0.15) is 5.82 Å². The lowest BCUT2D eigenvalue weighted by atomic mass is 10.1. The zero-order valence-corrected chi connectivity index (χ0v) is 8.07. The number of nitrogens with two attached hydrogens (primary N) is 1. The number of non-ortho nitro benzene ring substituents is 1. The van der Waals surface area contributed by atoms with Crippen molar-refractivity contribution in [3.05, 3.63) is 39.7 Å². The third-order valence-electron chi connectivity index (χ3n) is 2.03. The van der Waals surface area contributed by atoms with Crippen LogP contribution in [0, 0.1) is 15.9 Å². The zero-order valence-electron chi connectivity index (χ0n) is 8.07. The van der Waals surface area contributed by atoms with E-state index in [0.717, 1.165) is 12.1 Å². The van der Waals surface area contributed by atoms with Gasteiger partial charge in [0.25, 0.3) is 12.1 Å². The topological polar surface area (TPSA) is 69.2 Å². The van der Waals surface area contributed by atoms with Crippen LogP contribution < -0.4 is 5.73 Å². The van der Waals surface area contributed by atoms with Gasteiger partial charge in [0.05, 0.1) is 17.0 Å². The van der Waals surface area contributed by atoms with Crippen LogP contribution in [0.2, 0.25) is 0 Å². The molecule has 0 aliphatic rings. The van der Waals surface area contributed by atoms with Gasteiger partial charge in [-0.2, -0.15) is 0 Å². The summed E-state index contributed by atoms with van der Waals surface area (Å²) in [6, 6.07) is 1.36. The second kappa shape index (κ2) is 4.93. The third kappa shape index (κ3) is 2.93. The van der Waals surface area contributed by atoms with Gasteiger partial charge in [0.2, 0.25) is 0 Å². The quantitative estimate of drug-likeness (QED) is 0.638. The number of nitro benzene ring substituents is 1. The van der Waals surface area contributed by atoms with Crippen molar-refractivity contribution in [3.8, 4) is 0 Å². The Kier molecular flexibility index (Phi) is 3.83. The molecule has 0 aliphatic carbocycles. The molecule has 1 atom stereocenters. The standard InChI is InChI=1S/C9H9F3N2O2/c10-7-4-6(14(15)16)2-1-5(7)3-8(13)9(11)12/h1-2,4,8-9H,3,13H2. The molecule has 4 nitrogen and oxygen atoms in total. The molecule has 0 fully saturated rings. The highest BCUT2D eigenvalue weighted by molar-refractivity contribution is 5.34. The van der Waals surface area contributed by atoms with Crippen LogP contribution in [0.1, 0.15) is 5.56 Å². The average Bonchev–Trinajstić information content (AvgIpc) is 2.20. The van der Waals surface area contributed by atoms with Gasteiger partial charge in [-0.05, 0) is 18.1 Å². The first kappa shape index (κ1) is 12.4. The van der Waals surface area contributed by atoms with Crippen LogP contribution in [0.4, 0.5) is 18.9 Å². The number of hydrogen-bond acceptors (Lipinski definition) is 3. The fraction of sp³-hybridized carbons (Fsp3) is 0.333. The number of hydrogen-bond donors (Lipinski definition) is 1. The smallest absolute Gasteiger partial charge is 0.272 e. The van der Waals surface area contributed by atoms with E-state index in [1.807, 2.05) is 0 Å². The Balaban J connectivity index is 2.87. The van der Waals surface area contributed by atoms with Crippen LogP contribution in [-0.4, -0.2) is 17.4 Å². The second-order valence-electron chi connectivity index (χ2n) is 3.24. The first-order valence-electron chi connectivity index (χ1n) is 4.38. The molecule has 0 aromatic heterocycles. The van der Waals surface area contributed by atoms with E-state index in [2.05, 4.69) is 0 Å². The summed E-state index contributed by atoms with van der Waals surface area (Å²) in [5.74, 6) is -0.898. The average molecular weight is 234 g/mol. The van der Waals surface area contributed by atoms with E-state index < -0.39 is 28.9 Å². The molecule has 1 rings (SSSR count). The highest BCUT2D eigenvalue weighted by Crippen LogP contribution is 2.18. The Morgan fingerprint density at radius 2 is 2.06 bits per heavy atom. The summed E-state index contributed by atoms with van der Waals surface area (Å²) in [6.07, 6.45) is -3.11. The molecule has 1 aromatic carbocycles. The molecular weight excluding hydrogens is 225 g/mol. The van der Waals surface area contributed by atoms with Crippen LogP contribution in [0.5, 0.6) is 0 Å². The van der Waals surface area contributed by atoms with Gasteiger partial charge in [0, 0.05) is 6.07 Å². The summed E-state index contributed by atoms with van der Waals surface area (Å²) in [6.45, 7) is 0. The van der Waals surface area contributed by atoms with Crippen molar-refractivity contribution < 1.29 is 18.1 Å². The molecule has 0 radical (unpaired) electrons. The number of benzene rings is 1. The van der Waals surface area contributed by atoms with Gasteiger partial charge in [-0.15, -0.1) is 0 Å². The lowest BCUT2D eigenvalue weighted by Gasteiger charge is -2.10. The number of nitro groups is 1. The summed E-state index contributed by atoms with van der Waals surface area (Å²) < 4.78 is 37.4. The van der Waals surface area contributed by atoms with E-state index in [-0.39, 0.29) is 12.0 Å². The summed E-state index contributed by atoms with van der Waals surface area (Å²) in [4.78, 5) is 9.53. The summed E-state index contributed by atoms with van der Waals surface area (Å²) in [7, 11) is 0. The highest BCUT2D eigenvalue weighted by atomic mass is 19.3. The molecule has 7 heteroatoms. The van der Waals surface area contributed by atoms with Crippen LogP contribution >= 0.6 is 0 Å². The fourth-order valence-corrected chi connectivity index (χ4v) is 1.16. The van der Waals surface area contributed by atoms with E-state index in [9.17, 15) is 23.3 Å². The van der Waals surface area contributed by atoms with E-state index in [1.165, 1.54) is 0 Å². The Labute approximate surface area is 89.0 Å². The second-order valence-corrected chi connectivity index (χ2v) is 3.24. The van der Waals surface area contributed by atoms with Crippen molar-refractivity contribution >= 4 is 5.69 Å². The largest absolute Gasteiger partial charge is 0.323 e. The van der Waals surface area contributed by atoms with Crippen molar-refractivity contribution in [2.45, 2.75) is 18.9 Å². The van der Waals surface area contributed by atoms with Crippen molar-refractivity contribution in [2.24, 2.45) is 5.73 Å². The molecular formula is C9H9F3N2O2. The first-order valence-corrected chi connectivity index (χ1v) is 4.38. The Bertz CT molecular complexity index is 398. The molecule has 0 bridgehead atoms. The van der Waals surface area contributed by atoms with Gasteiger partial charge in [0.15, 0.2) is 0 Å². The van der Waals surface area contributed by atoms with E-state index in [1.54, 1.807) is 0 Å². The number of rotatable bonds is 4.